The molecule has 13 nitrogen and oxygen atoms in total. The number of aromatic nitrogens is 2. The fraction of sp³-hybridized carbons (Fsp3) is 0.200. The van der Waals surface area contributed by atoms with E-state index in [1.807, 2.05) is 30.3 Å². The Morgan fingerprint density at radius 3 is 2.26 bits per heavy atom. The van der Waals surface area contributed by atoms with Gasteiger partial charge in [0, 0.05) is 36.8 Å². The van der Waals surface area contributed by atoms with E-state index in [2.05, 4.69) is 20.9 Å². The first-order chi connectivity index (χ1) is 20.8. The molecule has 1 aromatic heterocycles. The number of para-hydroxylation sites is 2. The number of nitrogens with zero attached hydrogens (tertiary/aromatic N) is 4. The summed E-state index contributed by atoms with van der Waals surface area (Å²) >= 11 is 0. The third kappa shape index (κ3) is 6.96. The van der Waals surface area contributed by atoms with Crippen molar-refractivity contribution >= 4 is 29.3 Å². The van der Waals surface area contributed by atoms with Crippen LogP contribution in [-0.4, -0.2) is 43.4 Å². The number of nitro benzene ring substituents is 1. The number of imidazole rings is 1. The van der Waals surface area contributed by atoms with Gasteiger partial charge in [-0.25, -0.2) is 14.6 Å². The van der Waals surface area contributed by atoms with Crippen LogP contribution in [0.25, 0.3) is 0 Å². The maximum atomic E-state index is 13.5. The lowest BCUT2D eigenvalue weighted by molar-refractivity contribution is -0.385. The monoisotopic (exact) mass is 582 g/mol. The van der Waals surface area contributed by atoms with E-state index in [0.717, 1.165) is 11.1 Å². The molecular formula is C30H30N8O5. The van der Waals surface area contributed by atoms with E-state index >= 15 is 0 Å². The van der Waals surface area contributed by atoms with E-state index in [-0.39, 0.29) is 37.6 Å². The molecule has 43 heavy (non-hydrogen) atoms. The highest BCUT2D eigenvalue weighted by molar-refractivity contribution is 5.94. The number of nitrogens with one attached hydrogen (secondary N) is 3. The lowest BCUT2D eigenvalue weighted by Crippen LogP contribution is -2.54. The van der Waals surface area contributed by atoms with Crippen molar-refractivity contribution < 1.29 is 19.3 Å². The first-order valence-corrected chi connectivity index (χ1v) is 13.5. The summed E-state index contributed by atoms with van der Waals surface area (Å²) < 4.78 is 1.78. The van der Waals surface area contributed by atoms with Crippen molar-refractivity contribution in [3.8, 4) is 0 Å². The summed E-state index contributed by atoms with van der Waals surface area (Å²) in [5, 5.41) is 19.9. The zero-order valence-corrected chi connectivity index (χ0v) is 23.1. The number of carbonyl (C=O) groups is 3. The van der Waals surface area contributed by atoms with E-state index in [1.54, 1.807) is 53.4 Å². The van der Waals surface area contributed by atoms with Crippen LogP contribution < -0.4 is 21.7 Å². The number of fused-ring (bicyclic) bond motifs is 1. The van der Waals surface area contributed by atoms with Gasteiger partial charge in [0.25, 0.3) is 5.69 Å². The summed E-state index contributed by atoms with van der Waals surface area (Å²) in [7, 11) is 0. The van der Waals surface area contributed by atoms with Gasteiger partial charge in [-0.1, -0.05) is 60.7 Å². The molecule has 3 aromatic carbocycles. The quantitative estimate of drug-likeness (QED) is 0.174. The maximum Gasteiger partial charge on any atom is 0.322 e. The van der Waals surface area contributed by atoms with Crippen molar-refractivity contribution in [3.63, 3.8) is 0 Å². The summed E-state index contributed by atoms with van der Waals surface area (Å²) in [6.45, 7) is 0.790. The zero-order valence-electron chi connectivity index (χ0n) is 23.1. The molecule has 0 radical (unpaired) electrons. The standard InChI is InChI=1S/C30H30N8O5/c31-29(40)33-16-21-12-10-20(11-13-21)15-32-28(39)26-14-24-27(18-37(26)30(41)35-23-7-2-1-3-8-23)36(19-34-24)17-22-6-4-5-9-25(22)38(42)43/h1-13,19,26H,14-18H2,(H,32,39)(H,35,41)(H3,31,33,40). The molecule has 5 rings (SSSR count). The predicted octanol–water partition coefficient (Wildman–Crippen LogP) is 3.28. The van der Waals surface area contributed by atoms with Crippen LogP contribution in [-0.2, 0) is 37.4 Å². The number of hydrogen-bond acceptors (Lipinski definition) is 6. The number of benzene rings is 3. The van der Waals surface area contributed by atoms with Gasteiger partial charge in [0.05, 0.1) is 35.7 Å². The Morgan fingerprint density at radius 2 is 1.58 bits per heavy atom. The Labute approximate surface area is 246 Å². The average Bonchev–Trinajstić information content (AvgIpc) is 3.40. The van der Waals surface area contributed by atoms with Crippen LogP contribution in [0.2, 0.25) is 0 Å². The van der Waals surface area contributed by atoms with Gasteiger partial charge in [0.15, 0.2) is 0 Å². The first kappa shape index (κ1) is 28.8. The molecule has 0 bridgehead atoms. The first-order valence-electron chi connectivity index (χ1n) is 13.5. The molecular weight excluding hydrogens is 552 g/mol. The minimum Gasteiger partial charge on any atom is -0.352 e. The Kier molecular flexibility index (Phi) is 8.61. The molecule has 5 amide bonds. The summed E-state index contributed by atoms with van der Waals surface area (Å²) in [5.74, 6) is -0.346. The molecule has 1 unspecified atom stereocenters. The summed E-state index contributed by atoms with van der Waals surface area (Å²) in [6, 6.07) is 20.8. The van der Waals surface area contributed by atoms with Crippen molar-refractivity contribution in [1.29, 1.82) is 0 Å². The molecule has 0 saturated carbocycles. The highest BCUT2D eigenvalue weighted by Crippen LogP contribution is 2.26. The van der Waals surface area contributed by atoms with Gasteiger partial charge in [0.2, 0.25) is 5.91 Å². The number of rotatable bonds is 9. The number of amides is 5. The molecule has 0 aliphatic carbocycles. The Morgan fingerprint density at radius 1 is 0.930 bits per heavy atom. The zero-order chi connectivity index (χ0) is 30.3. The van der Waals surface area contributed by atoms with E-state index in [1.165, 1.54) is 11.0 Å². The second-order valence-electron chi connectivity index (χ2n) is 10.0. The molecule has 1 aliphatic heterocycles. The number of hydrogen-bond donors (Lipinski definition) is 4. The third-order valence-electron chi connectivity index (χ3n) is 7.19. The van der Waals surface area contributed by atoms with Crippen LogP contribution >= 0.6 is 0 Å². The van der Waals surface area contributed by atoms with Gasteiger partial charge >= 0.3 is 12.1 Å². The Hall–Kier alpha value is -5.72. The van der Waals surface area contributed by atoms with E-state index in [4.69, 9.17) is 5.73 Å². The average molecular weight is 583 g/mol. The molecule has 0 fully saturated rings. The van der Waals surface area contributed by atoms with E-state index in [9.17, 15) is 24.5 Å². The smallest absolute Gasteiger partial charge is 0.322 e. The number of urea groups is 2. The summed E-state index contributed by atoms with van der Waals surface area (Å²) in [5.41, 5.74) is 9.24. The second-order valence-corrected chi connectivity index (χ2v) is 10.0. The lowest BCUT2D eigenvalue weighted by atomic mass is 10.0. The second kappa shape index (κ2) is 12.9. The number of nitrogens with two attached hydrogens (primary N) is 1. The van der Waals surface area contributed by atoms with Gasteiger partial charge in [-0.15, -0.1) is 0 Å². The van der Waals surface area contributed by atoms with Crippen LogP contribution in [0, 0.1) is 10.1 Å². The third-order valence-corrected chi connectivity index (χ3v) is 7.19. The molecule has 13 heteroatoms. The van der Waals surface area contributed by atoms with Crippen LogP contribution in [0.4, 0.5) is 21.0 Å². The lowest BCUT2D eigenvalue weighted by Gasteiger charge is -2.35. The largest absolute Gasteiger partial charge is 0.352 e. The van der Waals surface area contributed by atoms with E-state index < -0.39 is 23.0 Å². The normalized spacial score (nSPS) is 14.0. The molecule has 4 aromatic rings. The molecule has 1 aliphatic rings. The minimum absolute atomic E-state index is 0.00569. The highest BCUT2D eigenvalue weighted by Gasteiger charge is 2.37. The van der Waals surface area contributed by atoms with Crippen molar-refractivity contribution in [2.24, 2.45) is 5.73 Å². The number of carbonyl (C=O) groups excluding carboxylic acids is 3. The Balaban J connectivity index is 1.35. The predicted molar refractivity (Wildman–Crippen MR) is 158 cm³/mol. The van der Waals surface area contributed by atoms with Crippen molar-refractivity contribution in [1.82, 2.24) is 25.1 Å². The fourth-order valence-corrected chi connectivity index (χ4v) is 4.94. The van der Waals surface area contributed by atoms with Crippen LogP contribution in [0.15, 0.2) is 85.2 Å². The molecule has 0 saturated heterocycles. The summed E-state index contributed by atoms with van der Waals surface area (Å²) in [4.78, 5) is 55.1. The maximum absolute atomic E-state index is 13.5. The molecule has 1 atom stereocenters. The number of anilines is 1. The van der Waals surface area contributed by atoms with E-state index in [0.29, 0.717) is 29.2 Å². The molecule has 2 heterocycles. The van der Waals surface area contributed by atoms with Crippen molar-refractivity contribution in [2.45, 2.75) is 38.6 Å². The van der Waals surface area contributed by atoms with Crippen LogP contribution in [0.1, 0.15) is 28.1 Å². The van der Waals surface area contributed by atoms with Gasteiger partial charge in [0.1, 0.15) is 6.04 Å². The molecule has 0 spiro atoms. The summed E-state index contributed by atoms with van der Waals surface area (Å²) in [6.07, 6.45) is 1.76. The van der Waals surface area contributed by atoms with Crippen molar-refractivity contribution in [2.75, 3.05) is 5.32 Å². The van der Waals surface area contributed by atoms with Gasteiger partial charge < -0.3 is 31.2 Å². The van der Waals surface area contributed by atoms with Crippen molar-refractivity contribution in [3.05, 3.63) is 123 Å². The topological polar surface area (TPSA) is 178 Å². The highest BCUT2D eigenvalue weighted by atomic mass is 16.6. The SMILES string of the molecule is NC(=O)NCc1ccc(CNC(=O)C2Cc3ncn(Cc4ccccc4[N+](=O)[O-])c3CN2C(=O)Nc2ccccc2)cc1. The fourth-order valence-electron chi connectivity index (χ4n) is 4.94. The van der Waals surface area contributed by atoms with Gasteiger partial charge in [-0.2, -0.15) is 0 Å². The Bertz CT molecular complexity index is 1640. The molecule has 5 N–H and O–H groups in total. The number of primary amides is 1. The van der Waals surface area contributed by atoms with Crippen LogP contribution in [0.3, 0.4) is 0 Å². The molecule has 220 valence electrons. The van der Waals surface area contributed by atoms with Gasteiger partial charge in [-0.05, 0) is 23.3 Å². The van der Waals surface area contributed by atoms with Crippen LogP contribution in [0.5, 0.6) is 0 Å². The minimum atomic E-state index is -0.843. The van der Waals surface area contributed by atoms with Gasteiger partial charge in [-0.3, -0.25) is 14.9 Å². The number of nitro groups is 1.